The van der Waals surface area contributed by atoms with Crippen LogP contribution in [0.1, 0.15) is 15.9 Å². The zero-order chi connectivity index (χ0) is 17.0. The molecule has 1 N–H and O–H groups in total. The number of benzene rings is 2. The van der Waals surface area contributed by atoms with Gasteiger partial charge in [0.05, 0.1) is 4.92 Å². The molecular weight excluding hydrogens is 301 g/mol. The average molecular weight is 317 g/mol. The first-order valence-corrected chi connectivity index (χ1v) is 6.87. The van der Waals surface area contributed by atoms with Gasteiger partial charge in [-0.25, -0.2) is 4.39 Å². The van der Waals surface area contributed by atoms with Crippen molar-refractivity contribution in [3.8, 4) is 0 Å². The topological polar surface area (TPSA) is 75.5 Å². The lowest BCUT2D eigenvalue weighted by Gasteiger charge is -2.13. The highest BCUT2D eigenvalue weighted by Gasteiger charge is 2.18. The Morgan fingerprint density at radius 2 is 1.87 bits per heavy atom. The van der Waals surface area contributed by atoms with Gasteiger partial charge in [0.2, 0.25) is 0 Å². The van der Waals surface area contributed by atoms with Gasteiger partial charge in [-0.2, -0.15) is 0 Å². The van der Waals surface area contributed by atoms with Crippen molar-refractivity contribution < 1.29 is 14.1 Å². The van der Waals surface area contributed by atoms with Crippen molar-refractivity contribution in [2.45, 2.75) is 6.54 Å². The molecule has 1 amide bonds. The summed E-state index contributed by atoms with van der Waals surface area (Å²) in [5, 5.41) is 13.8. The quantitative estimate of drug-likeness (QED) is 0.679. The molecule has 0 aliphatic heterocycles. The molecule has 0 fully saturated rings. The van der Waals surface area contributed by atoms with Gasteiger partial charge in [0, 0.05) is 32.3 Å². The van der Waals surface area contributed by atoms with E-state index in [0.717, 1.165) is 5.56 Å². The molecule has 0 bridgehead atoms. The van der Waals surface area contributed by atoms with E-state index in [4.69, 9.17) is 0 Å². The van der Waals surface area contributed by atoms with Crippen molar-refractivity contribution in [3.63, 3.8) is 0 Å². The average Bonchev–Trinajstić information content (AvgIpc) is 2.53. The largest absolute Gasteiger partial charge is 0.372 e. The number of nitrogens with one attached hydrogen (secondary N) is 1. The van der Waals surface area contributed by atoms with Crippen molar-refractivity contribution in [3.05, 3.63) is 69.5 Å². The summed E-state index contributed by atoms with van der Waals surface area (Å²) in [6.07, 6.45) is 0. The lowest BCUT2D eigenvalue weighted by Crippen LogP contribution is -2.23. The molecule has 0 radical (unpaired) electrons. The van der Waals surface area contributed by atoms with Gasteiger partial charge < -0.3 is 10.2 Å². The fraction of sp³-hybridized carbons (Fsp3) is 0.188. The molecule has 0 aliphatic carbocycles. The highest BCUT2D eigenvalue weighted by molar-refractivity contribution is 5.95. The van der Waals surface area contributed by atoms with Crippen LogP contribution in [0.2, 0.25) is 0 Å². The Bertz CT molecular complexity index is 730. The maximum absolute atomic E-state index is 12.8. The van der Waals surface area contributed by atoms with E-state index in [9.17, 15) is 19.3 Å². The van der Waals surface area contributed by atoms with Gasteiger partial charge in [-0.3, -0.25) is 14.9 Å². The molecule has 0 aliphatic rings. The number of halogens is 1. The van der Waals surface area contributed by atoms with E-state index in [-0.39, 0.29) is 23.6 Å². The van der Waals surface area contributed by atoms with Crippen LogP contribution in [-0.4, -0.2) is 24.9 Å². The molecule has 2 rings (SSSR count). The molecule has 0 unspecified atom stereocenters. The van der Waals surface area contributed by atoms with Gasteiger partial charge in [0.25, 0.3) is 11.6 Å². The Balaban J connectivity index is 2.14. The first-order valence-electron chi connectivity index (χ1n) is 6.87. The highest BCUT2D eigenvalue weighted by atomic mass is 19.1. The first-order chi connectivity index (χ1) is 10.9. The zero-order valence-electron chi connectivity index (χ0n) is 12.7. The standard InChI is InChI=1S/C16H16FN3O3/c1-19(2)14-8-5-12(9-15(14)20(22)23)16(21)18-10-11-3-6-13(17)7-4-11/h3-9H,10H2,1-2H3,(H,18,21). The van der Waals surface area contributed by atoms with E-state index >= 15 is 0 Å². The Hall–Kier alpha value is -2.96. The van der Waals surface area contributed by atoms with Crippen LogP contribution in [0.5, 0.6) is 0 Å². The van der Waals surface area contributed by atoms with E-state index in [1.807, 2.05) is 0 Å². The molecule has 2 aromatic rings. The normalized spacial score (nSPS) is 10.2. The maximum Gasteiger partial charge on any atom is 0.293 e. The molecule has 120 valence electrons. The number of hydrogen-bond acceptors (Lipinski definition) is 4. The van der Waals surface area contributed by atoms with Crippen LogP contribution in [0.15, 0.2) is 42.5 Å². The number of hydrogen-bond donors (Lipinski definition) is 1. The van der Waals surface area contributed by atoms with Crippen LogP contribution in [-0.2, 0) is 6.54 Å². The Morgan fingerprint density at radius 1 is 1.22 bits per heavy atom. The molecule has 0 atom stereocenters. The molecule has 0 saturated carbocycles. The number of carbonyl (C=O) groups is 1. The second kappa shape index (κ2) is 6.87. The van der Waals surface area contributed by atoms with Crippen LogP contribution in [0.25, 0.3) is 0 Å². The second-order valence-corrected chi connectivity index (χ2v) is 5.16. The summed E-state index contributed by atoms with van der Waals surface area (Å²) < 4.78 is 12.8. The molecule has 7 heteroatoms. The fourth-order valence-electron chi connectivity index (χ4n) is 2.08. The van der Waals surface area contributed by atoms with Gasteiger partial charge in [-0.15, -0.1) is 0 Å². The van der Waals surface area contributed by atoms with Crippen molar-refractivity contribution in [1.29, 1.82) is 0 Å². The van der Waals surface area contributed by atoms with Gasteiger partial charge in [0.1, 0.15) is 11.5 Å². The summed E-state index contributed by atoms with van der Waals surface area (Å²) in [5.41, 5.74) is 1.22. The molecule has 0 saturated heterocycles. The van der Waals surface area contributed by atoms with Crippen molar-refractivity contribution in [2.75, 3.05) is 19.0 Å². The number of rotatable bonds is 5. The van der Waals surface area contributed by atoms with E-state index in [1.165, 1.54) is 30.3 Å². The summed E-state index contributed by atoms with van der Waals surface area (Å²) in [4.78, 5) is 24.3. The summed E-state index contributed by atoms with van der Waals surface area (Å²) in [7, 11) is 3.38. The van der Waals surface area contributed by atoms with Crippen LogP contribution >= 0.6 is 0 Å². The number of nitrogens with zero attached hydrogens (tertiary/aromatic N) is 2. The molecule has 6 nitrogen and oxygen atoms in total. The van der Waals surface area contributed by atoms with E-state index < -0.39 is 10.8 Å². The van der Waals surface area contributed by atoms with Crippen LogP contribution in [0, 0.1) is 15.9 Å². The third-order valence-electron chi connectivity index (χ3n) is 3.28. The minimum absolute atomic E-state index is 0.135. The third-order valence-corrected chi connectivity index (χ3v) is 3.28. The number of nitro benzene ring substituents is 1. The summed E-state index contributed by atoms with van der Waals surface area (Å²) in [6, 6.07) is 10.0. The smallest absolute Gasteiger partial charge is 0.293 e. The SMILES string of the molecule is CN(C)c1ccc(C(=O)NCc2ccc(F)cc2)cc1[N+](=O)[O-]. The second-order valence-electron chi connectivity index (χ2n) is 5.16. The monoisotopic (exact) mass is 317 g/mol. The van der Waals surface area contributed by atoms with Gasteiger partial charge in [-0.1, -0.05) is 12.1 Å². The molecule has 0 aromatic heterocycles. The van der Waals surface area contributed by atoms with E-state index in [2.05, 4.69) is 5.32 Å². The predicted molar refractivity (Wildman–Crippen MR) is 85.0 cm³/mol. The van der Waals surface area contributed by atoms with Crippen molar-refractivity contribution in [1.82, 2.24) is 5.32 Å². The minimum atomic E-state index is -0.522. The summed E-state index contributed by atoms with van der Waals surface area (Å²) in [5.74, 6) is -0.780. The van der Waals surface area contributed by atoms with Gasteiger partial charge >= 0.3 is 0 Å². The number of anilines is 1. The summed E-state index contributed by atoms with van der Waals surface area (Å²) in [6.45, 7) is 0.211. The van der Waals surface area contributed by atoms with Crippen LogP contribution in [0.3, 0.4) is 0 Å². The Kier molecular flexibility index (Phi) is 4.90. The van der Waals surface area contributed by atoms with Crippen LogP contribution < -0.4 is 10.2 Å². The maximum atomic E-state index is 12.8. The molecule has 2 aromatic carbocycles. The predicted octanol–water partition coefficient (Wildman–Crippen LogP) is 2.73. The number of carbonyl (C=O) groups excluding carboxylic acids is 1. The van der Waals surface area contributed by atoms with E-state index in [1.54, 1.807) is 31.1 Å². The molecule has 0 spiro atoms. The first kappa shape index (κ1) is 16.4. The zero-order valence-corrected chi connectivity index (χ0v) is 12.7. The summed E-state index contributed by atoms with van der Waals surface area (Å²) >= 11 is 0. The van der Waals surface area contributed by atoms with Crippen molar-refractivity contribution >= 4 is 17.3 Å². The van der Waals surface area contributed by atoms with Crippen molar-refractivity contribution in [2.24, 2.45) is 0 Å². The molecule has 23 heavy (non-hydrogen) atoms. The van der Waals surface area contributed by atoms with Crippen LogP contribution in [0.4, 0.5) is 15.8 Å². The van der Waals surface area contributed by atoms with Gasteiger partial charge in [-0.05, 0) is 29.8 Å². The van der Waals surface area contributed by atoms with E-state index in [0.29, 0.717) is 5.69 Å². The minimum Gasteiger partial charge on any atom is -0.372 e. The third kappa shape index (κ3) is 4.03. The highest BCUT2D eigenvalue weighted by Crippen LogP contribution is 2.27. The fourth-order valence-corrected chi connectivity index (χ4v) is 2.08. The number of amides is 1. The molecular formula is C16H16FN3O3. The Morgan fingerprint density at radius 3 is 2.43 bits per heavy atom. The lowest BCUT2D eigenvalue weighted by atomic mass is 10.1. The number of nitro groups is 1. The Labute approximate surface area is 132 Å². The molecule has 0 heterocycles. The van der Waals surface area contributed by atoms with Gasteiger partial charge in [0.15, 0.2) is 0 Å². The lowest BCUT2D eigenvalue weighted by molar-refractivity contribution is -0.384.